The zero-order chi connectivity index (χ0) is 13.3. The van der Waals surface area contributed by atoms with E-state index in [0.717, 1.165) is 30.8 Å². The van der Waals surface area contributed by atoms with Gasteiger partial charge < -0.3 is 0 Å². The van der Waals surface area contributed by atoms with Crippen molar-refractivity contribution in [3.63, 3.8) is 0 Å². The van der Waals surface area contributed by atoms with E-state index in [1.165, 1.54) is 12.8 Å². The van der Waals surface area contributed by atoms with Crippen LogP contribution in [-0.2, 0) is 7.05 Å². The fourth-order valence-electron chi connectivity index (χ4n) is 2.75. The van der Waals surface area contributed by atoms with Gasteiger partial charge in [-0.05, 0) is 38.5 Å². The fraction of sp³-hybridized carbons (Fsp3) is 0.769. The molecule has 0 aliphatic heterocycles. The number of nitrogens with one attached hydrogen (secondary N) is 1. The molecule has 1 aromatic heterocycles. The molecular formula is C13H19N5S. The number of aryl methyl sites for hydroxylation is 1. The van der Waals surface area contributed by atoms with Crippen molar-refractivity contribution in [3.05, 3.63) is 6.33 Å². The van der Waals surface area contributed by atoms with Gasteiger partial charge in [-0.1, -0.05) is 11.8 Å². The average molecular weight is 277 g/mol. The molecule has 6 heteroatoms. The van der Waals surface area contributed by atoms with Crippen molar-refractivity contribution in [3.8, 4) is 6.07 Å². The normalized spacial score (nSPS) is 31.1. The molecule has 19 heavy (non-hydrogen) atoms. The molecule has 2 unspecified atom stereocenters. The van der Waals surface area contributed by atoms with Crippen LogP contribution in [0.2, 0.25) is 0 Å². The molecule has 0 saturated heterocycles. The highest BCUT2D eigenvalue weighted by Crippen LogP contribution is 2.39. The third-order valence-corrected chi connectivity index (χ3v) is 5.24. The summed E-state index contributed by atoms with van der Waals surface area (Å²) in [6.45, 7) is 0. The maximum atomic E-state index is 9.56. The van der Waals surface area contributed by atoms with Crippen LogP contribution in [0, 0.1) is 11.3 Å². The standard InChI is InChI=1S/C13H19N5S/c1-18-12(15-9-16-18)19-11-3-2-6-13(7-11,8-14)17-10-4-5-10/h9-11,17H,2-7H2,1H3. The van der Waals surface area contributed by atoms with Gasteiger partial charge in [0, 0.05) is 18.3 Å². The van der Waals surface area contributed by atoms with Gasteiger partial charge in [-0.15, -0.1) is 0 Å². The molecule has 1 N–H and O–H groups in total. The molecule has 0 radical (unpaired) electrons. The van der Waals surface area contributed by atoms with Gasteiger partial charge in [-0.2, -0.15) is 10.4 Å². The van der Waals surface area contributed by atoms with Crippen LogP contribution in [0.4, 0.5) is 0 Å². The molecular weight excluding hydrogens is 258 g/mol. The molecule has 0 bridgehead atoms. The van der Waals surface area contributed by atoms with Crippen LogP contribution in [0.25, 0.3) is 0 Å². The Balaban J connectivity index is 1.66. The number of thioether (sulfide) groups is 1. The van der Waals surface area contributed by atoms with Crippen LogP contribution in [0.3, 0.4) is 0 Å². The third kappa shape index (κ3) is 2.93. The number of hydrogen-bond donors (Lipinski definition) is 1. The van der Waals surface area contributed by atoms with Crippen LogP contribution >= 0.6 is 11.8 Å². The lowest BCUT2D eigenvalue weighted by atomic mass is 9.82. The van der Waals surface area contributed by atoms with Crippen molar-refractivity contribution in [2.24, 2.45) is 7.05 Å². The van der Waals surface area contributed by atoms with E-state index >= 15 is 0 Å². The molecule has 2 atom stereocenters. The first-order chi connectivity index (χ1) is 9.21. The Bertz CT molecular complexity index is 489. The number of nitriles is 1. The molecule has 2 saturated carbocycles. The first-order valence-electron chi connectivity index (χ1n) is 6.90. The minimum absolute atomic E-state index is 0.310. The fourth-order valence-corrected chi connectivity index (χ4v) is 4.01. The SMILES string of the molecule is Cn1ncnc1SC1CCCC(C#N)(NC2CC2)C1. The maximum absolute atomic E-state index is 9.56. The third-order valence-electron chi connectivity index (χ3n) is 3.92. The average Bonchev–Trinajstić information content (AvgIpc) is 3.13. The molecule has 1 heterocycles. The van der Waals surface area contributed by atoms with E-state index in [1.807, 2.05) is 11.7 Å². The minimum atomic E-state index is -0.310. The van der Waals surface area contributed by atoms with Gasteiger partial charge in [-0.25, -0.2) is 9.67 Å². The van der Waals surface area contributed by atoms with Gasteiger partial charge in [-0.3, -0.25) is 5.32 Å². The lowest BCUT2D eigenvalue weighted by Gasteiger charge is -2.36. The monoisotopic (exact) mass is 277 g/mol. The van der Waals surface area contributed by atoms with Gasteiger partial charge in [0.25, 0.3) is 0 Å². The van der Waals surface area contributed by atoms with Crippen molar-refractivity contribution in [1.82, 2.24) is 20.1 Å². The Hall–Kier alpha value is -1.06. The molecule has 102 valence electrons. The van der Waals surface area contributed by atoms with E-state index in [1.54, 1.807) is 18.1 Å². The van der Waals surface area contributed by atoms with Crippen LogP contribution in [-0.4, -0.2) is 31.6 Å². The molecule has 1 aromatic rings. The van der Waals surface area contributed by atoms with E-state index < -0.39 is 0 Å². The van der Waals surface area contributed by atoms with Crippen LogP contribution in [0.1, 0.15) is 38.5 Å². The van der Waals surface area contributed by atoms with Crippen LogP contribution < -0.4 is 5.32 Å². The van der Waals surface area contributed by atoms with Crippen LogP contribution in [0.15, 0.2) is 11.5 Å². The minimum Gasteiger partial charge on any atom is -0.297 e. The van der Waals surface area contributed by atoms with E-state index in [2.05, 4.69) is 21.5 Å². The molecule has 0 amide bonds. The largest absolute Gasteiger partial charge is 0.297 e. The summed E-state index contributed by atoms with van der Waals surface area (Å²) in [4.78, 5) is 4.27. The van der Waals surface area contributed by atoms with Gasteiger partial charge in [0.1, 0.15) is 11.9 Å². The summed E-state index contributed by atoms with van der Waals surface area (Å²) in [6, 6.07) is 3.13. The second-order valence-electron chi connectivity index (χ2n) is 5.61. The van der Waals surface area contributed by atoms with Gasteiger partial charge in [0.2, 0.25) is 0 Å². The summed E-state index contributed by atoms with van der Waals surface area (Å²) in [5, 5.41) is 18.6. The maximum Gasteiger partial charge on any atom is 0.186 e. The predicted octanol–water partition coefficient (Wildman–Crippen LogP) is 1.86. The Kier molecular flexibility index (Phi) is 3.50. The molecule has 2 aliphatic carbocycles. The summed E-state index contributed by atoms with van der Waals surface area (Å²) in [5.74, 6) is 0. The molecule has 2 aliphatic rings. The second kappa shape index (κ2) is 5.14. The molecule has 0 spiro atoms. The second-order valence-corrected chi connectivity index (χ2v) is 6.88. The number of hydrogen-bond acceptors (Lipinski definition) is 5. The van der Waals surface area contributed by atoms with Crippen molar-refractivity contribution in [2.45, 2.75) is 60.5 Å². The number of nitrogens with zero attached hydrogens (tertiary/aromatic N) is 4. The quantitative estimate of drug-likeness (QED) is 0.910. The Morgan fingerprint density at radius 2 is 2.37 bits per heavy atom. The van der Waals surface area contributed by atoms with Crippen LogP contribution in [0.5, 0.6) is 0 Å². The van der Waals surface area contributed by atoms with Gasteiger partial charge in [0.05, 0.1) is 6.07 Å². The van der Waals surface area contributed by atoms with Gasteiger partial charge >= 0.3 is 0 Å². The van der Waals surface area contributed by atoms with E-state index in [9.17, 15) is 5.26 Å². The highest BCUT2D eigenvalue weighted by Gasteiger charge is 2.41. The zero-order valence-electron chi connectivity index (χ0n) is 11.2. The van der Waals surface area contributed by atoms with E-state index in [-0.39, 0.29) is 5.54 Å². The molecule has 0 aromatic carbocycles. The topological polar surface area (TPSA) is 66.5 Å². The number of rotatable bonds is 4. The summed E-state index contributed by atoms with van der Waals surface area (Å²) in [5.41, 5.74) is -0.310. The first-order valence-corrected chi connectivity index (χ1v) is 7.78. The van der Waals surface area contributed by atoms with Crippen molar-refractivity contribution in [1.29, 1.82) is 5.26 Å². The summed E-state index contributed by atoms with van der Waals surface area (Å²) < 4.78 is 1.81. The predicted molar refractivity (Wildman–Crippen MR) is 73.6 cm³/mol. The highest BCUT2D eigenvalue weighted by atomic mass is 32.2. The van der Waals surface area contributed by atoms with E-state index in [4.69, 9.17) is 0 Å². The summed E-state index contributed by atoms with van der Waals surface area (Å²) >= 11 is 1.76. The lowest BCUT2D eigenvalue weighted by molar-refractivity contribution is 0.301. The molecule has 2 fully saturated rings. The zero-order valence-corrected chi connectivity index (χ0v) is 12.0. The lowest BCUT2D eigenvalue weighted by Crippen LogP contribution is -2.49. The summed E-state index contributed by atoms with van der Waals surface area (Å²) in [6.07, 6.45) is 8.21. The molecule has 3 rings (SSSR count). The van der Waals surface area contributed by atoms with Crippen molar-refractivity contribution < 1.29 is 0 Å². The van der Waals surface area contributed by atoms with E-state index in [0.29, 0.717) is 11.3 Å². The first kappa shape index (κ1) is 12.9. The van der Waals surface area contributed by atoms with Crippen molar-refractivity contribution in [2.75, 3.05) is 0 Å². The smallest absolute Gasteiger partial charge is 0.186 e. The van der Waals surface area contributed by atoms with Gasteiger partial charge in [0.15, 0.2) is 5.16 Å². The summed E-state index contributed by atoms with van der Waals surface area (Å²) in [7, 11) is 1.91. The Labute approximate surface area is 117 Å². The molecule has 5 nitrogen and oxygen atoms in total. The number of aromatic nitrogens is 3. The van der Waals surface area contributed by atoms with Crippen molar-refractivity contribution >= 4 is 11.8 Å². The Morgan fingerprint density at radius 1 is 1.53 bits per heavy atom. The highest BCUT2D eigenvalue weighted by molar-refractivity contribution is 7.99. The Morgan fingerprint density at radius 3 is 3.00 bits per heavy atom.